The van der Waals surface area contributed by atoms with Gasteiger partial charge in [-0.1, -0.05) is 18.2 Å². The van der Waals surface area contributed by atoms with Gasteiger partial charge in [0, 0.05) is 18.8 Å². The second-order valence-corrected chi connectivity index (χ2v) is 4.93. The van der Waals surface area contributed by atoms with Crippen molar-refractivity contribution in [3.8, 4) is 0 Å². The number of hydrogen-bond donors (Lipinski definition) is 0. The van der Waals surface area contributed by atoms with Crippen molar-refractivity contribution < 1.29 is 9.59 Å². The zero-order valence-electron chi connectivity index (χ0n) is 10.8. The number of carbonyl (C=O) groups is 2. The summed E-state index contributed by atoms with van der Waals surface area (Å²) in [6.45, 7) is 1.86. The third-order valence-electron chi connectivity index (χ3n) is 3.63. The SMILES string of the molecule is O=C1CN(c2ccccc2)CC(=O)N2CCCCN12. The fourth-order valence-electron chi connectivity index (χ4n) is 2.65. The van der Waals surface area contributed by atoms with Crippen LogP contribution in [0.3, 0.4) is 0 Å². The van der Waals surface area contributed by atoms with Gasteiger partial charge >= 0.3 is 0 Å². The van der Waals surface area contributed by atoms with Crippen molar-refractivity contribution in [1.29, 1.82) is 0 Å². The molecule has 0 spiro atoms. The maximum Gasteiger partial charge on any atom is 0.260 e. The number of hydrogen-bond acceptors (Lipinski definition) is 3. The average Bonchev–Trinajstić information content (AvgIpc) is 2.59. The van der Waals surface area contributed by atoms with Gasteiger partial charge in [0.1, 0.15) is 0 Å². The molecule has 0 aliphatic carbocycles. The van der Waals surface area contributed by atoms with Crippen molar-refractivity contribution in [2.24, 2.45) is 0 Å². The van der Waals surface area contributed by atoms with Gasteiger partial charge in [-0.05, 0) is 25.0 Å². The number of benzene rings is 1. The van der Waals surface area contributed by atoms with E-state index in [1.807, 2.05) is 35.2 Å². The summed E-state index contributed by atoms with van der Waals surface area (Å²) in [6, 6.07) is 9.63. The topological polar surface area (TPSA) is 43.9 Å². The van der Waals surface area contributed by atoms with E-state index in [9.17, 15) is 9.59 Å². The first-order chi connectivity index (χ1) is 9.25. The van der Waals surface area contributed by atoms with Crippen LogP contribution in [0.2, 0.25) is 0 Å². The van der Waals surface area contributed by atoms with Gasteiger partial charge in [0.2, 0.25) is 0 Å². The zero-order valence-corrected chi connectivity index (χ0v) is 10.8. The second-order valence-electron chi connectivity index (χ2n) is 4.93. The lowest BCUT2D eigenvalue weighted by atomic mass is 10.2. The van der Waals surface area contributed by atoms with Crippen molar-refractivity contribution in [1.82, 2.24) is 10.0 Å². The van der Waals surface area contributed by atoms with Crippen LogP contribution in [0.5, 0.6) is 0 Å². The minimum absolute atomic E-state index is 0.00871. The summed E-state index contributed by atoms with van der Waals surface area (Å²) < 4.78 is 0. The van der Waals surface area contributed by atoms with E-state index in [1.165, 1.54) is 0 Å². The standard InChI is InChI=1S/C14H17N3O2/c18-13-10-15(12-6-2-1-3-7-12)11-14(19)17-9-5-4-8-16(13)17/h1-3,6-7H,4-5,8-11H2. The molecule has 0 aromatic heterocycles. The van der Waals surface area contributed by atoms with E-state index in [2.05, 4.69) is 0 Å². The lowest BCUT2D eigenvalue weighted by Crippen LogP contribution is -2.52. The molecule has 2 heterocycles. The van der Waals surface area contributed by atoms with Crippen LogP contribution in [0.25, 0.3) is 0 Å². The first kappa shape index (κ1) is 12.0. The summed E-state index contributed by atoms with van der Waals surface area (Å²) in [6.07, 6.45) is 1.95. The monoisotopic (exact) mass is 259 g/mol. The highest BCUT2D eigenvalue weighted by atomic mass is 16.2. The molecule has 1 aromatic rings. The van der Waals surface area contributed by atoms with E-state index in [0.717, 1.165) is 18.5 Å². The normalized spacial score (nSPS) is 20.3. The Kier molecular flexibility index (Phi) is 3.11. The maximum atomic E-state index is 12.3. The Labute approximate surface area is 112 Å². The molecular weight excluding hydrogens is 242 g/mol. The highest BCUT2D eigenvalue weighted by molar-refractivity contribution is 5.91. The number of para-hydroxylation sites is 1. The largest absolute Gasteiger partial charge is 0.353 e. The van der Waals surface area contributed by atoms with Gasteiger partial charge in [-0.3, -0.25) is 9.59 Å². The minimum atomic E-state index is 0.00871. The Morgan fingerprint density at radius 1 is 0.789 bits per heavy atom. The summed E-state index contributed by atoms with van der Waals surface area (Å²) in [5.74, 6) is 0.0174. The molecule has 0 N–H and O–H groups in total. The van der Waals surface area contributed by atoms with E-state index in [0.29, 0.717) is 13.1 Å². The highest BCUT2D eigenvalue weighted by Crippen LogP contribution is 2.19. The Morgan fingerprint density at radius 3 is 1.84 bits per heavy atom. The van der Waals surface area contributed by atoms with Crippen molar-refractivity contribution in [2.45, 2.75) is 12.8 Å². The number of nitrogens with zero attached hydrogens (tertiary/aromatic N) is 3. The fraction of sp³-hybridized carbons (Fsp3) is 0.429. The van der Waals surface area contributed by atoms with E-state index in [-0.39, 0.29) is 24.9 Å². The van der Waals surface area contributed by atoms with Gasteiger partial charge in [0.15, 0.2) is 0 Å². The molecule has 2 aliphatic heterocycles. The fourth-order valence-corrected chi connectivity index (χ4v) is 2.65. The first-order valence-corrected chi connectivity index (χ1v) is 6.66. The van der Waals surface area contributed by atoms with Crippen LogP contribution in [0, 0.1) is 0 Å². The molecule has 19 heavy (non-hydrogen) atoms. The summed E-state index contributed by atoms with van der Waals surface area (Å²) >= 11 is 0. The molecular formula is C14H17N3O2. The lowest BCUT2D eigenvalue weighted by molar-refractivity contribution is -0.163. The van der Waals surface area contributed by atoms with Gasteiger partial charge < -0.3 is 4.90 Å². The van der Waals surface area contributed by atoms with Gasteiger partial charge in [-0.2, -0.15) is 0 Å². The number of rotatable bonds is 1. The van der Waals surface area contributed by atoms with Crippen LogP contribution in [-0.4, -0.2) is 48.0 Å². The molecule has 2 amide bonds. The predicted molar refractivity (Wildman–Crippen MR) is 71.3 cm³/mol. The summed E-state index contributed by atoms with van der Waals surface area (Å²) in [5, 5.41) is 3.24. The minimum Gasteiger partial charge on any atom is -0.353 e. The van der Waals surface area contributed by atoms with Crippen LogP contribution in [0.1, 0.15) is 12.8 Å². The number of carbonyl (C=O) groups excluding carboxylic acids is 2. The highest BCUT2D eigenvalue weighted by Gasteiger charge is 2.34. The van der Waals surface area contributed by atoms with E-state index >= 15 is 0 Å². The summed E-state index contributed by atoms with van der Waals surface area (Å²) in [5.41, 5.74) is 0.922. The molecule has 2 fully saturated rings. The Balaban J connectivity index is 1.87. The molecule has 5 nitrogen and oxygen atoms in total. The molecule has 0 atom stereocenters. The molecule has 0 saturated carbocycles. The Morgan fingerprint density at radius 2 is 1.32 bits per heavy atom. The average molecular weight is 259 g/mol. The smallest absolute Gasteiger partial charge is 0.260 e. The van der Waals surface area contributed by atoms with E-state index < -0.39 is 0 Å². The second kappa shape index (κ2) is 4.91. The molecule has 2 aliphatic rings. The molecule has 1 aromatic carbocycles. The quantitative estimate of drug-likeness (QED) is 0.752. The van der Waals surface area contributed by atoms with Gasteiger partial charge in [-0.25, -0.2) is 10.0 Å². The Hall–Kier alpha value is -2.04. The van der Waals surface area contributed by atoms with Gasteiger partial charge in [-0.15, -0.1) is 0 Å². The van der Waals surface area contributed by atoms with Crippen LogP contribution < -0.4 is 4.90 Å². The first-order valence-electron chi connectivity index (χ1n) is 6.66. The molecule has 0 radical (unpaired) electrons. The summed E-state index contributed by atoms with van der Waals surface area (Å²) in [7, 11) is 0. The van der Waals surface area contributed by atoms with E-state index in [1.54, 1.807) is 10.0 Å². The van der Waals surface area contributed by atoms with Crippen molar-refractivity contribution in [2.75, 3.05) is 31.1 Å². The van der Waals surface area contributed by atoms with Crippen molar-refractivity contribution in [3.63, 3.8) is 0 Å². The number of anilines is 1. The lowest BCUT2D eigenvalue weighted by Gasteiger charge is -2.36. The molecule has 0 bridgehead atoms. The van der Waals surface area contributed by atoms with Crippen LogP contribution in [0.4, 0.5) is 5.69 Å². The van der Waals surface area contributed by atoms with Crippen LogP contribution >= 0.6 is 0 Å². The summed E-state index contributed by atoms with van der Waals surface area (Å²) in [4.78, 5) is 26.4. The molecule has 2 saturated heterocycles. The third kappa shape index (κ3) is 2.28. The van der Waals surface area contributed by atoms with Crippen molar-refractivity contribution in [3.05, 3.63) is 30.3 Å². The molecule has 100 valence electrons. The van der Waals surface area contributed by atoms with Crippen molar-refractivity contribution >= 4 is 17.5 Å². The number of hydrazine groups is 1. The van der Waals surface area contributed by atoms with Gasteiger partial charge in [0.05, 0.1) is 13.1 Å². The Bertz CT molecular complexity index is 463. The zero-order chi connectivity index (χ0) is 13.2. The maximum absolute atomic E-state index is 12.3. The van der Waals surface area contributed by atoms with E-state index in [4.69, 9.17) is 0 Å². The van der Waals surface area contributed by atoms with Crippen LogP contribution in [-0.2, 0) is 9.59 Å². The van der Waals surface area contributed by atoms with Gasteiger partial charge in [0.25, 0.3) is 11.8 Å². The number of fused-ring (bicyclic) bond motifs is 1. The number of amides is 2. The molecule has 5 heteroatoms. The predicted octanol–water partition coefficient (Wildman–Crippen LogP) is 0.873. The molecule has 3 rings (SSSR count). The molecule has 0 unspecified atom stereocenters. The van der Waals surface area contributed by atoms with Crippen LogP contribution in [0.15, 0.2) is 30.3 Å². The third-order valence-corrected chi connectivity index (χ3v) is 3.63.